The quantitative estimate of drug-likeness (QED) is 0.493. The van der Waals surface area contributed by atoms with Crippen LogP contribution in [0, 0.1) is 0 Å². The molecule has 0 aromatic heterocycles. The molecule has 146 valence electrons. The zero-order valence-electron chi connectivity index (χ0n) is 15.8. The molecule has 0 fully saturated rings. The molecule has 2 rings (SSSR count). The third-order valence-corrected chi connectivity index (χ3v) is 3.95. The smallest absolute Gasteiger partial charge is 0.253 e. The Morgan fingerprint density at radius 3 is 2.57 bits per heavy atom. The summed E-state index contributed by atoms with van der Waals surface area (Å²) in [6.45, 7) is 2.57. The van der Waals surface area contributed by atoms with Crippen LogP contribution in [0.4, 0.5) is 5.69 Å². The van der Waals surface area contributed by atoms with E-state index in [1.165, 1.54) is 6.08 Å². The van der Waals surface area contributed by atoms with Crippen molar-refractivity contribution in [3.8, 4) is 5.75 Å². The van der Waals surface area contributed by atoms with Gasteiger partial charge in [-0.1, -0.05) is 37.3 Å². The van der Waals surface area contributed by atoms with Crippen molar-refractivity contribution in [2.24, 2.45) is 0 Å². The number of nitrogens with one attached hydrogen (secondary N) is 3. The Labute approximate surface area is 170 Å². The Balaban J connectivity index is 1.99. The third kappa shape index (κ3) is 6.21. The summed E-state index contributed by atoms with van der Waals surface area (Å²) in [7, 11) is 1.57. The summed E-state index contributed by atoms with van der Waals surface area (Å²) in [6.07, 6.45) is 3.85. The van der Waals surface area contributed by atoms with Crippen molar-refractivity contribution >= 4 is 40.9 Å². The number of carbonyl (C=O) groups is 2. The van der Waals surface area contributed by atoms with Crippen molar-refractivity contribution in [3.63, 3.8) is 0 Å². The van der Waals surface area contributed by atoms with Gasteiger partial charge in [0.05, 0.1) is 18.4 Å². The highest BCUT2D eigenvalue weighted by Crippen LogP contribution is 2.18. The number of ether oxygens (including phenoxy) is 1. The number of benzene rings is 2. The van der Waals surface area contributed by atoms with Crippen LogP contribution >= 0.6 is 12.2 Å². The number of para-hydroxylation sites is 2. The Bertz CT molecular complexity index is 881. The lowest BCUT2D eigenvalue weighted by Gasteiger charge is -2.12. The van der Waals surface area contributed by atoms with E-state index in [1.807, 2.05) is 31.2 Å². The molecule has 0 aliphatic rings. The molecule has 2 amide bonds. The van der Waals surface area contributed by atoms with E-state index in [1.54, 1.807) is 37.5 Å². The first-order chi connectivity index (χ1) is 13.5. The van der Waals surface area contributed by atoms with Gasteiger partial charge < -0.3 is 15.4 Å². The van der Waals surface area contributed by atoms with Crippen LogP contribution in [0.15, 0.2) is 54.6 Å². The van der Waals surface area contributed by atoms with Gasteiger partial charge in [-0.2, -0.15) is 0 Å². The number of anilines is 1. The highest BCUT2D eigenvalue weighted by atomic mass is 32.1. The molecule has 0 atom stereocenters. The number of carbonyl (C=O) groups excluding carboxylic acids is 2. The van der Waals surface area contributed by atoms with E-state index in [-0.39, 0.29) is 11.0 Å². The first-order valence-corrected chi connectivity index (χ1v) is 9.26. The van der Waals surface area contributed by atoms with Crippen LogP contribution in [-0.2, 0) is 4.79 Å². The second kappa shape index (κ2) is 10.8. The van der Waals surface area contributed by atoms with Gasteiger partial charge in [-0.25, -0.2) is 0 Å². The second-order valence-corrected chi connectivity index (χ2v) is 6.23. The Kier molecular flexibility index (Phi) is 8.17. The van der Waals surface area contributed by atoms with Crippen LogP contribution in [0.5, 0.6) is 5.75 Å². The fraction of sp³-hybridized carbons (Fsp3) is 0.190. The van der Waals surface area contributed by atoms with E-state index in [2.05, 4.69) is 16.0 Å². The monoisotopic (exact) mass is 397 g/mol. The zero-order chi connectivity index (χ0) is 20.4. The minimum absolute atomic E-state index is 0.102. The van der Waals surface area contributed by atoms with E-state index in [4.69, 9.17) is 17.0 Å². The van der Waals surface area contributed by atoms with Crippen molar-refractivity contribution in [3.05, 3.63) is 65.7 Å². The summed E-state index contributed by atoms with van der Waals surface area (Å²) in [4.78, 5) is 24.4. The van der Waals surface area contributed by atoms with Crippen molar-refractivity contribution in [1.82, 2.24) is 10.6 Å². The molecule has 0 saturated heterocycles. The normalized spacial score (nSPS) is 10.4. The van der Waals surface area contributed by atoms with Crippen molar-refractivity contribution in [1.29, 1.82) is 0 Å². The van der Waals surface area contributed by atoms with Gasteiger partial charge >= 0.3 is 0 Å². The van der Waals surface area contributed by atoms with Crippen LogP contribution < -0.4 is 20.7 Å². The molecule has 0 spiro atoms. The van der Waals surface area contributed by atoms with E-state index >= 15 is 0 Å². The molecule has 2 aromatic rings. The molecule has 0 saturated carbocycles. The minimum atomic E-state index is -0.392. The molecular weight excluding hydrogens is 374 g/mol. The lowest BCUT2D eigenvalue weighted by atomic mass is 10.1. The number of thiocarbonyl (C=S) groups is 1. The highest BCUT2D eigenvalue weighted by Gasteiger charge is 2.11. The molecule has 0 aliphatic heterocycles. The number of hydrogen-bond donors (Lipinski definition) is 3. The maximum Gasteiger partial charge on any atom is 0.253 e. The highest BCUT2D eigenvalue weighted by molar-refractivity contribution is 7.80. The fourth-order valence-electron chi connectivity index (χ4n) is 2.40. The van der Waals surface area contributed by atoms with Crippen molar-refractivity contribution < 1.29 is 14.3 Å². The number of hydrogen-bond acceptors (Lipinski definition) is 4. The summed E-state index contributed by atoms with van der Waals surface area (Å²) in [5.41, 5.74) is 1.75. The summed E-state index contributed by atoms with van der Waals surface area (Å²) in [5.74, 6) is 0.0748. The summed E-state index contributed by atoms with van der Waals surface area (Å²) in [5, 5.41) is 8.39. The summed E-state index contributed by atoms with van der Waals surface area (Å²) in [6, 6.07) is 14.3. The number of amides is 2. The molecule has 0 aliphatic carbocycles. The SMILES string of the molecule is CCCNC(=O)c1ccccc1NC(=S)NC(=O)/C=C/c1ccccc1OC. The molecule has 6 nitrogen and oxygen atoms in total. The van der Waals surface area contributed by atoms with Gasteiger partial charge in [-0.3, -0.25) is 14.9 Å². The number of rotatable bonds is 7. The molecule has 0 radical (unpaired) electrons. The van der Waals surface area contributed by atoms with Crippen LogP contribution in [0.1, 0.15) is 29.3 Å². The van der Waals surface area contributed by atoms with Gasteiger partial charge in [-0.15, -0.1) is 0 Å². The predicted octanol–water partition coefficient (Wildman–Crippen LogP) is 3.36. The van der Waals surface area contributed by atoms with Crippen LogP contribution in [0.3, 0.4) is 0 Å². The number of methoxy groups -OCH3 is 1. The minimum Gasteiger partial charge on any atom is -0.496 e. The summed E-state index contributed by atoms with van der Waals surface area (Å²) < 4.78 is 5.24. The van der Waals surface area contributed by atoms with Crippen LogP contribution in [0.2, 0.25) is 0 Å². The van der Waals surface area contributed by atoms with Gasteiger partial charge in [0.1, 0.15) is 5.75 Å². The summed E-state index contributed by atoms with van der Waals surface area (Å²) >= 11 is 5.19. The van der Waals surface area contributed by atoms with Gasteiger partial charge in [0.15, 0.2) is 5.11 Å². The van der Waals surface area contributed by atoms with Crippen molar-refractivity contribution in [2.75, 3.05) is 19.0 Å². The van der Waals surface area contributed by atoms with Crippen molar-refractivity contribution in [2.45, 2.75) is 13.3 Å². The lowest BCUT2D eigenvalue weighted by Crippen LogP contribution is -2.34. The molecule has 3 N–H and O–H groups in total. The van der Waals surface area contributed by atoms with Crippen LogP contribution in [0.25, 0.3) is 6.08 Å². The first kappa shape index (κ1) is 21.1. The fourth-order valence-corrected chi connectivity index (χ4v) is 2.61. The molecule has 0 bridgehead atoms. The Morgan fingerprint density at radius 2 is 1.82 bits per heavy atom. The van der Waals surface area contributed by atoms with Crippen LogP contribution in [-0.4, -0.2) is 30.6 Å². The van der Waals surface area contributed by atoms with Gasteiger partial charge in [0.25, 0.3) is 5.91 Å². The Morgan fingerprint density at radius 1 is 1.11 bits per heavy atom. The largest absolute Gasteiger partial charge is 0.496 e. The molecule has 28 heavy (non-hydrogen) atoms. The predicted molar refractivity (Wildman–Crippen MR) is 115 cm³/mol. The van der Waals surface area contributed by atoms with E-state index in [9.17, 15) is 9.59 Å². The second-order valence-electron chi connectivity index (χ2n) is 5.82. The van der Waals surface area contributed by atoms with E-state index < -0.39 is 5.91 Å². The first-order valence-electron chi connectivity index (χ1n) is 8.85. The lowest BCUT2D eigenvalue weighted by molar-refractivity contribution is -0.115. The van der Waals surface area contributed by atoms with Gasteiger partial charge in [0, 0.05) is 18.2 Å². The average Bonchev–Trinajstić information content (AvgIpc) is 2.71. The molecule has 2 aromatic carbocycles. The maximum absolute atomic E-state index is 12.2. The average molecular weight is 398 g/mol. The zero-order valence-corrected chi connectivity index (χ0v) is 16.6. The third-order valence-electron chi connectivity index (χ3n) is 3.75. The van der Waals surface area contributed by atoms with Gasteiger partial charge in [0.2, 0.25) is 5.91 Å². The molecule has 0 unspecified atom stereocenters. The van der Waals surface area contributed by atoms with E-state index in [0.717, 1.165) is 12.0 Å². The van der Waals surface area contributed by atoms with E-state index in [0.29, 0.717) is 23.5 Å². The maximum atomic E-state index is 12.2. The standard InChI is InChI=1S/C21H23N3O3S/c1-3-14-22-20(26)16-9-5-6-10-17(16)23-21(28)24-19(25)13-12-15-8-4-7-11-18(15)27-2/h4-13H,3,14H2,1-2H3,(H,22,26)(H2,23,24,25,28)/b13-12+. The molecule has 7 heteroatoms. The Hall–Kier alpha value is -3.19. The van der Waals surface area contributed by atoms with Gasteiger partial charge in [-0.05, 0) is 42.9 Å². The molecule has 0 heterocycles. The topological polar surface area (TPSA) is 79.5 Å². The molecular formula is C21H23N3O3S.